The van der Waals surface area contributed by atoms with E-state index < -0.39 is 0 Å². The van der Waals surface area contributed by atoms with Crippen molar-refractivity contribution in [3.8, 4) is 5.75 Å². The second-order valence-corrected chi connectivity index (χ2v) is 4.95. The van der Waals surface area contributed by atoms with Gasteiger partial charge in [-0.15, -0.1) is 0 Å². The largest absolute Gasteiger partial charge is 0.489 e. The van der Waals surface area contributed by atoms with E-state index in [1.54, 1.807) is 0 Å². The highest BCUT2D eigenvalue weighted by atomic mass is 16.5. The van der Waals surface area contributed by atoms with Crippen molar-refractivity contribution in [1.82, 2.24) is 0 Å². The zero-order chi connectivity index (χ0) is 13.7. The second-order valence-electron chi connectivity index (χ2n) is 4.95. The van der Waals surface area contributed by atoms with Gasteiger partial charge in [-0.1, -0.05) is 50.2 Å². The van der Waals surface area contributed by atoms with Crippen molar-refractivity contribution in [2.45, 2.75) is 33.0 Å². The van der Waals surface area contributed by atoms with Crippen molar-refractivity contribution in [3.63, 3.8) is 0 Å². The number of aliphatic hydroxyl groups excluding tert-OH is 1. The van der Waals surface area contributed by atoms with Crippen molar-refractivity contribution in [2.24, 2.45) is 0 Å². The molecule has 0 amide bonds. The van der Waals surface area contributed by atoms with Gasteiger partial charge in [-0.25, -0.2) is 0 Å². The molecule has 0 aliphatic heterocycles. The van der Waals surface area contributed by atoms with Gasteiger partial charge in [-0.2, -0.15) is 0 Å². The minimum atomic E-state index is 0.00465. The number of benzene rings is 2. The molecule has 0 atom stereocenters. The summed E-state index contributed by atoms with van der Waals surface area (Å²) in [4.78, 5) is 0. The quantitative estimate of drug-likeness (QED) is 0.879. The van der Waals surface area contributed by atoms with E-state index in [1.165, 1.54) is 5.56 Å². The predicted molar refractivity (Wildman–Crippen MR) is 77.2 cm³/mol. The topological polar surface area (TPSA) is 29.5 Å². The minimum Gasteiger partial charge on any atom is -0.489 e. The first-order chi connectivity index (χ1) is 9.20. The normalized spacial score (nSPS) is 10.7. The average molecular weight is 256 g/mol. The van der Waals surface area contributed by atoms with Gasteiger partial charge in [0.1, 0.15) is 12.4 Å². The molecular formula is C17H20O2. The molecule has 2 heteroatoms. The molecule has 2 aromatic carbocycles. The highest BCUT2D eigenvalue weighted by molar-refractivity contribution is 5.38. The first-order valence-corrected chi connectivity index (χ1v) is 6.61. The molecule has 0 saturated carbocycles. The molecule has 0 heterocycles. The Kier molecular flexibility index (Phi) is 4.58. The van der Waals surface area contributed by atoms with Crippen LogP contribution in [0.1, 0.15) is 36.5 Å². The van der Waals surface area contributed by atoms with Gasteiger partial charge in [0.05, 0.1) is 6.61 Å². The molecule has 1 N–H and O–H groups in total. The van der Waals surface area contributed by atoms with Crippen molar-refractivity contribution >= 4 is 0 Å². The van der Waals surface area contributed by atoms with E-state index in [9.17, 15) is 5.11 Å². The van der Waals surface area contributed by atoms with E-state index in [0.717, 1.165) is 16.9 Å². The lowest BCUT2D eigenvalue weighted by Gasteiger charge is -2.13. The smallest absolute Gasteiger partial charge is 0.125 e. The molecule has 0 aliphatic rings. The Bertz CT molecular complexity index is 518. The molecule has 100 valence electrons. The molecule has 0 unspecified atom stereocenters. The van der Waals surface area contributed by atoms with E-state index in [-0.39, 0.29) is 6.61 Å². The summed E-state index contributed by atoms with van der Waals surface area (Å²) < 4.78 is 5.79. The Morgan fingerprint density at radius 2 is 1.79 bits per heavy atom. The fourth-order valence-corrected chi connectivity index (χ4v) is 1.96. The molecule has 0 bridgehead atoms. The van der Waals surface area contributed by atoms with Gasteiger partial charge in [0.25, 0.3) is 0 Å². The fourth-order valence-electron chi connectivity index (χ4n) is 1.96. The summed E-state index contributed by atoms with van der Waals surface area (Å²) in [6.45, 7) is 4.81. The van der Waals surface area contributed by atoms with Gasteiger partial charge in [0.15, 0.2) is 0 Å². The SMILES string of the molecule is CC(C)c1ccc(OCc2ccccc2)c(CO)c1. The van der Waals surface area contributed by atoms with Crippen LogP contribution >= 0.6 is 0 Å². The molecule has 0 aliphatic carbocycles. The van der Waals surface area contributed by atoms with E-state index in [2.05, 4.69) is 19.9 Å². The van der Waals surface area contributed by atoms with Crippen LogP contribution in [0.4, 0.5) is 0 Å². The summed E-state index contributed by atoms with van der Waals surface area (Å²) >= 11 is 0. The van der Waals surface area contributed by atoms with Gasteiger partial charge in [0, 0.05) is 5.56 Å². The second kappa shape index (κ2) is 6.39. The third kappa shape index (κ3) is 3.58. The van der Waals surface area contributed by atoms with Crippen molar-refractivity contribution in [2.75, 3.05) is 0 Å². The summed E-state index contributed by atoms with van der Waals surface area (Å²) in [5.74, 6) is 1.21. The Morgan fingerprint density at radius 1 is 1.05 bits per heavy atom. The maximum Gasteiger partial charge on any atom is 0.125 e. The molecule has 2 aromatic rings. The summed E-state index contributed by atoms with van der Waals surface area (Å²) in [6, 6.07) is 16.1. The molecule has 0 aromatic heterocycles. The van der Waals surface area contributed by atoms with Crippen LogP contribution in [0.15, 0.2) is 48.5 Å². The average Bonchev–Trinajstić information content (AvgIpc) is 2.45. The summed E-state index contributed by atoms with van der Waals surface area (Å²) in [5.41, 5.74) is 3.19. The zero-order valence-electron chi connectivity index (χ0n) is 11.5. The number of aliphatic hydroxyl groups is 1. The summed E-state index contributed by atoms with van der Waals surface area (Å²) in [7, 11) is 0. The lowest BCUT2D eigenvalue weighted by atomic mass is 10.0. The van der Waals surface area contributed by atoms with Crippen LogP contribution in [0.3, 0.4) is 0 Å². The molecule has 0 spiro atoms. The highest BCUT2D eigenvalue weighted by Crippen LogP contribution is 2.25. The highest BCUT2D eigenvalue weighted by Gasteiger charge is 2.07. The lowest BCUT2D eigenvalue weighted by Crippen LogP contribution is -2.00. The van der Waals surface area contributed by atoms with Crippen LogP contribution in [0, 0.1) is 0 Å². The number of ether oxygens (including phenoxy) is 1. The first kappa shape index (κ1) is 13.6. The van der Waals surface area contributed by atoms with Crippen LogP contribution in [-0.4, -0.2) is 5.11 Å². The van der Waals surface area contributed by atoms with E-state index in [1.807, 2.05) is 42.5 Å². The van der Waals surface area contributed by atoms with E-state index in [4.69, 9.17) is 4.74 Å². The van der Waals surface area contributed by atoms with Gasteiger partial charge in [-0.3, -0.25) is 0 Å². The summed E-state index contributed by atoms with van der Waals surface area (Å²) in [5, 5.41) is 9.44. The van der Waals surface area contributed by atoms with Gasteiger partial charge < -0.3 is 9.84 Å². The fraction of sp³-hybridized carbons (Fsp3) is 0.294. The number of rotatable bonds is 5. The first-order valence-electron chi connectivity index (χ1n) is 6.61. The number of hydrogen-bond donors (Lipinski definition) is 1. The van der Waals surface area contributed by atoms with Crippen molar-refractivity contribution in [3.05, 3.63) is 65.2 Å². The van der Waals surface area contributed by atoms with Crippen molar-refractivity contribution < 1.29 is 9.84 Å². The molecule has 0 saturated heterocycles. The van der Waals surface area contributed by atoms with Crippen LogP contribution in [0.2, 0.25) is 0 Å². The van der Waals surface area contributed by atoms with E-state index in [0.29, 0.717) is 12.5 Å². The molecular weight excluding hydrogens is 236 g/mol. The molecule has 0 fully saturated rings. The van der Waals surface area contributed by atoms with Crippen LogP contribution in [-0.2, 0) is 13.2 Å². The molecule has 2 nitrogen and oxygen atoms in total. The minimum absolute atomic E-state index is 0.00465. The standard InChI is InChI=1S/C17H20O2/c1-13(2)15-8-9-17(16(10-15)11-18)19-12-14-6-4-3-5-7-14/h3-10,13,18H,11-12H2,1-2H3. The number of hydrogen-bond acceptors (Lipinski definition) is 2. The Hall–Kier alpha value is -1.80. The third-order valence-corrected chi connectivity index (χ3v) is 3.16. The molecule has 2 rings (SSSR count). The molecule has 0 radical (unpaired) electrons. The predicted octanol–water partition coefficient (Wildman–Crippen LogP) is 3.88. The van der Waals surface area contributed by atoms with Crippen molar-refractivity contribution in [1.29, 1.82) is 0 Å². The van der Waals surface area contributed by atoms with Gasteiger partial charge >= 0.3 is 0 Å². The Morgan fingerprint density at radius 3 is 2.42 bits per heavy atom. The van der Waals surface area contributed by atoms with Gasteiger partial charge in [0.2, 0.25) is 0 Å². The third-order valence-electron chi connectivity index (χ3n) is 3.16. The van der Waals surface area contributed by atoms with Crippen LogP contribution in [0.25, 0.3) is 0 Å². The monoisotopic (exact) mass is 256 g/mol. The summed E-state index contributed by atoms with van der Waals surface area (Å²) in [6.07, 6.45) is 0. The Balaban J connectivity index is 2.12. The molecule has 19 heavy (non-hydrogen) atoms. The zero-order valence-corrected chi connectivity index (χ0v) is 11.5. The lowest BCUT2D eigenvalue weighted by molar-refractivity contribution is 0.259. The Labute approximate surface area is 114 Å². The maximum atomic E-state index is 9.44. The van der Waals surface area contributed by atoms with Gasteiger partial charge in [-0.05, 0) is 29.2 Å². The van der Waals surface area contributed by atoms with Crippen LogP contribution in [0.5, 0.6) is 5.75 Å². The van der Waals surface area contributed by atoms with Crippen LogP contribution < -0.4 is 4.74 Å². The maximum absolute atomic E-state index is 9.44. The van der Waals surface area contributed by atoms with E-state index >= 15 is 0 Å².